The van der Waals surface area contributed by atoms with Crippen LogP contribution in [-0.4, -0.2) is 12.5 Å². The van der Waals surface area contributed by atoms with Crippen molar-refractivity contribution in [2.45, 2.75) is 6.42 Å². The zero-order valence-electron chi connectivity index (χ0n) is 16.7. The zero-order valence-corrected chi connectivity index (χ0v) is 16.7. The molecule has 152 valence electrons. The van der Waals surface area contributed by atoms with Gasteiger partial charge in [0.25, 0.3) is 0 Å². The Morgan fingerprint density at radius 1 is 0.871 bits per heavy atom. The van der Waals surface area contributed by atoms with Crippen LogP contribution in [0.15, 0.2) is 95.4 Å². The third-order valence-electron chi connectivity index (χ3n) is 4.71. The number of furan rings is 1. The first-order valence-electron chi connectivity index (χ1n) is 9.91. The summed E-state index contributed by atoms with van der Waals surface area (Å²) in [5.74, 6) is 1.09. The SMILES string of the molecule is N#Cc1c(NC(=O)CCOc2ccccc2)oc(-c2ccccc2)c1-c1ccccc1. The number of carbonyl (C=O) groups excluding carboxylic acids is 1. The van der Waals surface area contributed by atoms with E-state index >= 15 is 0 Å². The Morgan fingerprint density at radius 2 is 1.45 bits per heavy atom. The molecule has 0 aliphatic heterocycles. The van der Waals surface area contributed by atoms with Gasteiger partial charge in [-0.05, 0) is 17.7 Å². The van der Waals surface area contributed by atoms with Crippen molar-refractivity contribution in [1.29, 1.82) is 5.26 Å². The Balaban J connectivity index is 1.60. The van der Waals surface area contributed by atoms with Crippen LogP contribution in [0.3, 0.4) is 0 Å². The molecule has 0 saturated heterocycles. The fourth-order valence-corrected chi connectivity index (χ4v) is 3.27. The molecule has 5 nitrogen and oxygen atoms in total. The number of nitrogens with one attached hydrogen (secondary N) is 1. The summed E-state index contributed by atoms with van der Waals surface area (Å²) in [4.78, 5) is 12.5. The first-order chi connectivity index (χ1) is 15.3. The van der Waals surface area contributed by atoms with Gasteiger partial charge in [-0.3, -0.25) is 10.1 Å². The molecule has 0 bridgehead atoms. The Bertz CT molecular complexity index is 1190. The van der Waals surface area contributed by atoms with E-state index < -0.39 is 0 Å². The molecule has 0 aliphatic carbocycles. The smallest absolute Gasteiger partial charge is 0.230 e. The van der Waals surface area contributed by atoms with Crippen molar-refractivity contribution in [3.63, 3.8) is 0 Å². The summed E-state index contributed by atoms with van der Waals surface area (Å²) in [7, 11) is 0. The largest absolute Gasteiger partial charge is 0.493 e. The highest BCUT2D eigenvalue weighted by Crippen LogP contribution is 2.41. The second-order valence-electron chi connectivity index (χ2n) is 6.81. The van der Waals surface area contributed by atoms with E-state index in [2.05, 4.69) is 11.4 Å². The fourth-order valence-electron chi connectivity index (χ4n) is 3.27. The number of carbonyl (C=O) groups is 1. The van der Waals surface area contributed by atoms with Crippen molar-refractivity contribution in [2.24, 2.45) is 0 Å². The predicted octanol–water partition coefficient (Wildman–Crippen LogP) is 5.89. The molecular weight excluding hydrogens is 388 g/mol. The molecule has 3 aromatic carbocycles. The van der Waals surface area contributed by atoms with Gasteiger partial charge in [-0.25, -0.2) is 0 Å². The molecule has 0 atom stereocenters. The van der Waals surface area contributed by atoms with Crippen LogP contribution in [0.4, 0.5) is 5.88 Å². The Morgan fingerprint density at radius 3 is 2.06 bits per heavy atom. The van der Waals surface area contributed by atoms with Crippen molar-refractivity contribution in [1.82, 2.24) is 0 Å². The number of benzene rings is 3. The molecule has 0 radical (unpaired) electrons. The van der Waals surface area contributed by atoms with Gasteiger partial charge in [0.15, 0.2) is 0 Å². The van der Waals surface area contributed by atoms with Crippen molar-refractivity contribution in [3.8, 4) is 34.3 Å². The van der Waals surface area contributed by atoms with Crippen molar-refractivity contribution >= 4 is 11.8 Å². The molecule has 1 aromatic heterocycles. The third-order valence-corrected chi connectivity index (χ3v) is 4.71. The van der Waals surface area contributed by atoms with Gasteiger partial charge in [-0.1, -0.05) is 78.9 Å². The molecule has 1 N–H and O–H groups in total. The minimum atomic E-state index is -0.291. The third kappa shape index (κ3) is 4.65. The number of ether oxygens (including phenoxy) is 1. The summed E-state index contributed by atoms with van der Waals surface area (Å²) in [6.07, 6.45) is 0.127. The minimum Gasteiger partial charge on any atom is -0.493 e. The summed E-state index contributed by atoms with van der Waals surface area (Å²) in [5, 5.41) is 12.6. The lowest BCUT2D eigenvalue weighted by Gasteiger charge is -2.06. The lowest BCUT2D eigenvalue weighted by atomic mass is 9.98. The molecule has 0 fully saturated rings. The van der Waals surface area contributed by atoms with Crippen LogP contribution in [0.2, 0.25) is 0 Å². The standard InChI is InChI=1S/C26H20N2O3/c27-18-22-24(19-10-4-1-5-11-19)25(20-12-6-2-7-13-20)31-26(22)28-23(29)16-17-30-21-14-8-3-9-15-21/h1-15H,16-17H2,(H,28,29). The van der Waals surface area contributed by atoms with E-state index in [1.54, 1.807) is 0 Å². The number of para-hydroxylation sites is 1. The van der Waals surface area contributed by atoms with Crippen LogP contribution in [0.5, 0.6) is 5.75 Å². The van der Waals surface area contributed by atoms with Gasteiger partial charge < -0.3 is 9.15 Å². The van der Waals surface area contributed by atoms with Crippen LogP contribution in [0, 0.1) is 11.3 Å². The molecule has 31 heavy (non-hydrogen) atoms. The second kappa shape index (κ2) is 9.47. The number of nitriles is 1. The Kier molecular flexibility index (Phi) is 6.10. The van der Waals surface area contributed by atoms with Gasteiger partial charge >= 0.3 is 0 Å². The highest BCUT2D eigenvalue weighted by molar-refractivity contribution is 5.95. The van der Waals surface area contributed by atoms with E-state index in [9.17, 15) is 10.1 Å². The number of anilines is 1. The number of nitrogens with zero attached hydrogens (tertiary/aromatic N) is 1. The van der Waals surface area contributed by atoms with Crippen LogP contribution in [-0.2, 0) is 4.79 Å². The Labute approximate surface area is 180 Å². The van der Waals surface area contributed by atoms with Gasteiger partial charge in [0.1, 0.15) is 23.1 Å². The first kappa shape index (κ1) is 20.0. The highest BCUT2D eigenvalue weighted by Gasteiger charge is 2.24. The van der Waals surface area contributed by atoms with Gasteiger partial charge in [-0.15, -0.1) is 0 Å². The first-order valence-corrected chi connectivity index (χ1v) is 9.91. The van der Waals surface area contributed by atoms with Crippen LogP contribution >= 0.6 is 0 Å². The number of amides is 1. The zero-order chi connectivity index (χ0) is 21.5. The molecule has 1 amide bonds. The van der Waals surface area contributed by atoms with E-state index in [1.165, 1.54) is 0 Å². The summed E-state index contributed by atoms with van der Waals surface area (Å²) in [6.45, 7) is 0.218. The summed E-state index contributed by atoms with van der Waals surface area (Å²) in [5.41, 5.74) is 2.62. The average molecular weight is 408 g/mol. The van der Waals surface area contributed by atoms with Crippen LogP contribution in [0.25, 0.3) is 22.5 Å². The van der Waals surface area contributed by atoms with Crippen molar-refractivity contribution in [2.75, 3.05) is 11.9 Å². The molecule has 0 saturated carbocycles. The molecule has 0 spiro atoms. The van der Waals surface area contributed by atoms with E-state index in [0.717, 1.165) is 11.1 Å². The molecule has 1 heterocycles. The molecule has 4 aromatic rings. The summed E-state index contributed by atoms with van der Waals surface area (Å²) >= 11 is 0. The summed E-state index contributed by atoms with van der Waals surface area (Å²) < 4.78 is 11.6. The van der Waals surface area contributed by atoms with Crippen LogP contribution < -0.4 is 10.1 Å². The normalized spacial score (nSPS) is 10.3. The monoisotopic (exact) mass is 408 g/mol. The molecule has 0 aliphatic rings. The average Bonchev–Trinajstić information content (AvgIpc) is 3.19. The maximum absolute atomic E-state index is 12.5. The van der Waals surface area contributed by atoms with Gasteiger partial charge in [0, 0.05) is 11.1 Å². The van der Waals surface area contributed by atoms with E-state index in [4.69, 9.17) is 9.15 Å². The Hall–Kier alpha value is -4.30. The second-order valence-corrected chi connectivity index (χ2v) is 6.81. The maximum atomic E-state index is 12.5. The van der Waals surface area contributed by atoms with E-state index in [0.29, 0.717) is 22.6 Å². The topological polar surface area (TPSA) is 75.3 Å². The number of hydrogen-bond donors (Lipinski definition) is 1. The minimum absolute atomic E-state index is 0.127. The summed E-state index contributed by atoms with van der Waals surface area (Å²) in [6, 6.07) is 30.6. The van der Waals surface area contributed by atoms with Crippen molar-refractivity contribution < 1.29 is 13.9 Å². The maximum Gasteiger partial charge on any atom is 0.230 e. The van der Waals surface area contributed by atoms with E-state index in [1.807, 2.05) is 91.0 Å². The fraction of sp³-hybridized carbons (Fsp3) is 0.0769. The van der Waals surface area contributed by atoms with Crippen LogP contribution in [0.1, 0.15) is 12.0 Å². The number of hydrogen-bond acceptors (Lipinski definition) is 4. The quantitative estimate of drug-likeness (QED) is 0.413. The molecule has 0 unspecified atom stereocenters. The molecule has 5 heteroatoms. The van der Waals surface area contributed by atoms with Crippen molar-refractivity contribution in [3.05, 3.63) is 96.6 Å². The van der Waals surface area contributed by atoms with Gasteiger partial charge in [-0.2, -0.15) is 5.26 Å². The van der Waals surface area contributed by atoms with Gasteiger partial charge in [0.2, 0.25) is 11.8 Å². The highest BCUT2D eigenvalue weighted by atomic mass is 16.5. The van der Waals surface area contributed by atoms with Gasteiger partial charge in [0.05, 0.1) is 13.0 Å². The van der Waals surface area contributed by atoms with E-state index in [-0.39, 0.29) is 24.8 Å². The molecule has 4 rings (SSSR count). The lowest BCUT2D eigenvalue weighted by Crippen LogP contribution is -2.15. The lowest BCUT2D eigenvalue weighted by molar-refractivity contribution is -0.116. The molecular formula is C26H20N2O3. The predicted molar refractivity (Wildman–Crippen MR) is 119 cm³/mol. The number of rotatable bonds is 7.